The number of alkyl carbamates (subject to hydrolysis) is 1. The molecule has 0 aliphatic heterocycles. The molecule has 0 aliphatic rings. The van der Waals surface area contributed by atoms with Crippen molar-refractivity contribution in [3.05, 3.63) is 30.6 Å². The minimum Gasteiger partial charge on any atom is -0.444 e. The highest BCUT2D eigenvalue weighted by Crippen LogP contribution is 2.35. The predicted octanol–water partition coefficient (Wildman–Crippen LogP) is 3.56. The van der Waals surface area contributed by atoms with Crippen LogP contribution in [0.2, 0.25) is 0 Å². The van der Waals surface area contributed by atoms with Crippen LogP contribution in [0.25, 0.3) is 11.1 Å². The Morgan fingerprint density at radius 1 is 1.30 bits per heavy atom. The lowest BCUT2D eigenvalue weighted by atomic mass is 10.1. The van der Waals surface area contributed by atoms with Crippen LogP contribution in [-0.2, 0) is 11.3 Å². The van der Waals surface area contributed by atoms with Crippen LogP contribution in [0.1, 0.15) is 20.8 Å². The number of nitrogens with two attached hydrogens (primary N) is 1. The zero-order valence-corrected chi connectivity index (χ0v) is 15.1. The molecule has 0 saturated heterocycles. The summed E-state index contributed by atoms with van der Waals surface area (Å²) in [5.74, 6) is -0.372. The van der Waals surface area contributed by atoms with E-state index in [1.165, 1.54) is 29.2 Å². The summed E-state index contributed by atoms with van der Waals surface area (Å²) in [6.45, 7) is 5.78. The average Bonchev–Trinajstić information content (AvgIpc) is 2.94. The smallest absolute Gasteiger partial charge is 0.444 e. The number of ether oxygens (including phenoxy) is 2. The van der Waals surface area contributed by atoms with Gasteiger partial charge in [-0.1, -0.05) is 0 Å². The monoisotopic (exact) mass is 386 g/mol. The Morgan fingerprint density at radius 2 is 2.00 bits per heavy atom. The third-order valence-corrected chi connectivity index (χ3v) is 3.18. The van der Waals surface area contributed by atoms with Crippen molar-refractivity contribution in [2.75, 3.05) is 12.3 Å². The van der Waals surface area contributed by atoms with Crippen molar-refractivity contribution in [3.63, 3.8) is 0 Å². The summed E-state index contributed by atoms with van der Waals surface area (Å²) >= 11 is 0. The number of hydrogen-bond acceptors (Lipinski definition) is 5. The fourth-order valence-corrected chi connectivity index (χ4v) is 2.20. The van der Waals surface area contributed by atoms with E-state index >= 15 is 0 Å². The first kappa shape index (κ1) is 20.4. The third-order valence-electron chi connectivity index (χ3n) is 3.18. The molecule has 148 valence electrons. The van der Waals surface area contributed by atoms with E-state index in [1.807, 2.05) is 0 Å². The highest BCUT2D eigenvalue weighted by Gasteiger charge is 2.32. The molecule has 1 aromatic carbocycles. The highest BCUT2D eigenvalue weighted by molar-refractivity contribution is 5.73. The van der Waals surface area contributed by atoms with E-state index in [0.29, 0.717) is 17.8 Å². The molecule has 27 heavy (non-hydrogen) atoms. The van der Waals surface area contributed by atoms with Gasteiger partial charge in [0.1, 0.15) is 11.4 Å². The van der Waals surface area contributed by atoms with Crippen LogP contribution in [0.15, 0.2) is 30.6 Å². The zero-order valence-electron chi connectivity index (χ0n) is 15.1. The van der Waals surface area contributed by atoms with Crippen molar-refractivity contribution in [2.45, 2.75) is 39.3 Å². The molecular weight excluding hydrogens is 365 g/mol. The Hall–Kier alpha value is -2.91. The summed E-state index contributed by atoms with van der Waals surface area (Å²) in [4.78, 5) is 11.6. The lowest BCUT2D eigenvalue weighted by Crippen LogP contribution is -2.34. The van der Waals surface area contributed by atoms with E-state index < -0.39 is 18.1 Å². The SMILES string of the molecule is CC(C)(C)OC(=O)NCCn1cc(-c2cc(N)ccc2OC(F)(F)F)cn1. The molecule has 0 unspecified atom stereocenters. The van der Waals surface area contributed by atoms with Crippen molar-refractivity contribution in [3.8, 4) is 16.9 Å². The van der Waals surface area contributed by atoms with Crippen LogP contribution in [0.4, 0.5) is 23.7 Å². The number of carbonyl (C=O) groups is 1. The second-order valence-corrected chi connectivity index (χ2v) is 6.72. The van der Waals surface area contributed by atoms with Gasteiger partial charge in [0, 0.05) is 29.6 Å². The maximum absolute atomic E-state index is 12.6. The van der Waals surface area contributed by atoms with Gasteiger partial charge in [0.15, 0.2) is 0 Å². The minimum absolute atomic E-state index is 0.165. The minimum atomic E-state index is -4.82. The number of alkyl halides is 3. The van der Waals surface area contributed by atoms with Gasteiger partial charge in [-0.3, -0.25) is 4.68 Å². The van der Waals surface area contributed by atoms with Crippen molar-refractivity contribution in [1.82, 2.24) is 15.1 Å². The number of rotatable bonds is 5. The maximum atomic E-state index is 12.6. The van der Waals surface area contributed by atoms with Gasteiger partial charge in [-0.2, -0.15) is 5.10 Å². The van der Waals surface area contributed by atoms with E-state index in [0.717, 1.165) is 6.07 Å². The number of halogens is 3. The van der Waals surface area contributed by atoms with Crippen LogP contribution in [0, 0.1) is 0 Å². The summed E-state index contributed by atoms with van der Waals surface area (Å²) in [6.07, 6.45) is -2.45. The van der Waals surface area contributed by atoms with Gasteiger partial charge in [-0.25, -0.2) is 4.79 Å². The molecule has 10 heteroatoms. The Kier molecular flexibility index (Phi) is 5.87. The van der Waals surface area contributed by atoms with E-state index in [-0.39, 0.29) is 17.9 Å². The Morgan fingerprint density at radius 3 is 2.63 bits per heavy atom. The molecule has 0 aliphatic carbocycles. The lowest BCUT2D eigenvalue weighted by molar-refractivity contribution is -0.274. The molecule has 2 aromatic rings. The first-order chi connectivity index (χ1) is 12.4. The largest absolute Gasteiger partial charge is 0.573 e. The Balaban J connectivity index is 2.05. The summed E-state index contributed by atoms with van der Waals surface area (Å²) in [5.41, 5.74) is 5.93. The summed E-state index contributed by atoms with van der Waals surface area (Å²) < 4.78 is 48.4. The molecule has 7 nitrogen and oxygen atoms in total. The summed E-state index contributed by atoms with van der Waals surface area (Å²) in [5, 5.41) is 6.65. The van der Waals surface area contributed by atoms with Crippen LogP contribution >= 0.6 is 0 Å². The number of amides is 1. The molecule has 0 fully saturated rings. The standard InChI is InChI=1S/C17H21F3N4O3/c1-16(2,3)27-15(25)22-6-7-24-10-11(9-23-24)13-8-12(21)4-5-14(13)26-17(18,19)20/h4-5,8-10H,6-7,21H2,1-3H3,(H,22,25). The van der Waals surface area contributed by atoms with Gasteiger partial charge in [0.05, 0.1) is 12.7 Å². The van der Waals surface area contributed by atoms with E-state index in [1.54, 1.807) is 20.8 Å². The van der Waals surface area contributed by atoms with Crippen LogP contribution in [0.5, 0.6) is 5.75 Å². The average molecular weight is 386 g/mol. The molecule has 0 bridgehead atoms. The van der Waals surface area contributed by atoms with Crippen molar-refractivity contribution in [1.29, 1.82) is 0 Å². The van der Waals surface area contributed by atoms with Crippen LogP contribution < -0.4 is 15.8 Å². The predicted molar refractivity (Wildman–Crippen MR) is 93.0 cm³/mol. The Labute approximate surface area is 154 Å². The number of anilines is 1. The highest BCUT2D eigenvalue weighted by atomic mass is 19.4. The number of benzene rings is 1. The topological polar surface area (TPSA) is 91.4 Å². The fraction of sp³-hybridized carbons (Fsp3) is 0.412. The molecule has 1 amide bonds. The van der Waals surface area contributed by atoms with Gasteiger partial charge >= 0.3 is 12.5 Å². The quantitative estimate of drug-likeness (QED) is 0.767. The zero-order chi connectivity index (χ0) is 20.2. The number of nitrogens with zero attached hydrogens (tertiary/aromatic N) is 2. The van der Waals surface area contributed by atoms with E-state index in [2.05, 4.69) is 15.2 Å². The van der Waals surface area contributed by atoms with Crippen molar-refractivity contribution in [2.24, 2.45) is 0 Å². The van der Waals surface area contributed by atoms with Crippen LogP contribution in [-0.4, -0.2) is 34.4 Å². The molecular formula is C17H21F3N4O3. The van der Waals surface area contributed by atoms with E-state index in [9.17, 15) is 18.0 Å². The molecule has 1 aromatic heterocycles. The number of carbonyl (C=O) groups excluding carboxylic acids is 1. The van der Waals surface area contributed by atoms with E-state index in [4.69, 9.17) is 10.5 Å². The molecule has 0 atom stereocenters. The van der Waals surface area contributed by atoms with Gasteiger partial charge in [0.2, 0.25) is 0 Å². The third kappa shape index (κ3) is 6.72. The Bertz CT molecular complexity index is 797. The van der Waals surface area contributed by atoms with Gasteiger partial charge in [0.25, 0.3) is 0 Å². The number of aromatic nitrogens is 2. The molecule has 0 radical (unpaired) electrons. The molecule has 1 heterocycles. The maximum Gasteiger partial charge on any atom is 0.573 e. The first-order valence-corrected chi connectivity index (χ1v) is 8.08. The first-order valence-electron chi connectivity index (χ1n) is 8.08. The van der Waals surface area contributed by atoms with Gasteiger partial charge < -0.3 is 20.5 Å². The molecule has 3 N–H and O–H groups in total. The molecule has 2 rings (SSSR count). The van der Waals surface area contributed by atoms with Crippen molar-refractivity contribution >= 4 is 11.8 Å². The molecule has 0 saturated carbocycles. The second kappa shape index (κ2) is 7.77. The fourth-order valence-electron chi connectivity index (χ4n) is 2.20. The summed E-state index contributed by atoms with van der Waals surface area (Å²) in [7, 11) is 0. The normalized spacial score (nSPS) is 11.9. The van der Waals surface area contributed by atoms with Gasteiger partial charge in [-0.05, 0) is 39.0 Å². The van der Waals surface area contributed by atoms with Gasteiger partial charge in [-0.15, -0.1) is 13.2 Å². The van der Waals surface area contributed by atoms with Crippen molar-refractivity contribution < 1.29 is 27.4 Å². The summed E-state index contributed by atoms with van der Waals surface area (Å²) in [6, 6.07) is 3.85. The number of hydrogen-bond donors (Lipinski definition) is 2. The number of nitrogens with one attached hydrogen (secondary N) is 1. The van der Waals surface area contributed by atoms with Crippen LogP contribution in [0.3, 0.4) is 0 Å². The molecule has 0 spiro atoms. The number of nitrogen functional groups attached to an aromatic ring is 1. The second-order valence-electron chi connectivity index (χ2n) is 6.72. The lowest BCUT2D eigenvalue weighted by Gasteiger charge is -2.19.